The number of fused-ring (bicyclic) bond motifs is 1. The lowest BCUT2D eigenvalue weighted by Gasteiger charge is -2.14. The number of ether oxygens (including phenoxy) is 1. The van der Waals surface area contributed by atoms with Gasteiger partial charge in [-0.05, 0) is 32.0 Å². The average molecular weight is 367 g/mol. The number of hydrogen-bond acceptors (Lipinski definition) is 5. The minimum absolute atomic E-state index is 0.260. The topological polar surface area (TPSA) is 77.2 Å². The zero-order valence-electron chi connectivity index (χ0n) is 15.0. The predicted molar refractivity (Wildman–Crippen MR) is 96.1 cm³/mol. The van der Waals surface area contributed by atoms with E-state index in [9.17, 15) is 9.18 Å². The minimum atomic E-state index is -0.357. The number of nitrogens with zero attached hydrogens (tertiary/aromatic N) is 2. The first-order valence-corrected chi connectivity index (χ1v) is 8.62. The SMILES string of the molecule is Cc1cnc(C)c(-c2ccc(F)c3c2OC(CNC(=O)c2ccoc2)C3)n1. The highest BCUT2D eigenvalue weighted by molar-refractivity contribution is 5.93. The first kappa shape index (κ1) is 17.2. The second-order valence-corrected chi connectivity index (χ2v) is 6.51. The molecule has 0 saturated heterocycles. The second kappa shape index (κ2) is 6.83. The van der Waals surface area contributed by atoms with Crippen molar-refractivity contribution in [3.05, 3.63) is 65.3 Å². The summed E-state index contributed by atoms with van der Waals surface area (Å²) in [6, 6.07) is 4.67. The van der Waals surface area contributed by atoms with Crippen molar-refractivity contribution in [1.29, 1.82) is 0 Å². The van der Waals surface area contributed by atoms with Crippen molar-refractivity contribution in [2.75, 3.05) is 6.54 Å². The molecule has 0 saturated carbocycles. The molecule has 1 aliphatic rings. The molecule has 3 aromatic rings. The minimum Gasteiger partial charge on any atom is -0.487 e. The van der Waals surface area contributed by atoms with Gasteiger partial charge in [-0.25, -0.2) is 9.37 Å². The number of benzene rings is 1. The molecule has 0 radical (unpaired) electrons. The van der Waals surface area contributed by atoms with E-state index in [1.54, 1.807) is 18.3 Å². The van der Waals surface area contributed by atoms with Crippen LogP contribution in [0.3, 0.4) is 0 Å². The largest absolute Gasteiger partial charge is 0.487 e. The summed E-state index contributed by atoms with van der Waals surface area (Å²) in [6.07, 6.45) is 4.52. The normalized spacial score (nSPS) is 15.3. The lowest BCUT2D eigenvalue weighted by molar-refractivity contribution is 0.0933. The van der Waals surface area contributed by atoms with Gasteiger partial charge >= 0.3 is 0 Å². The maximum atomic E-state index is 14.3. The van der Waals surface area contributed by atoms with Gasteiger partial charge in [0.2, 0.25) is 0 Å². The van der Waals surface area contributed by atoms with Gasteiger partial charge in [0.1, 0.15) is 23.9 Å². The summed E-state index contributed by atoms with van der Waals surface area (Å²) in [4.78, 5) is 20.9. The fourth-order valence-electron chi connectivity index (χ4n) is 3.16. The van der Waals surface area contributed by atoms with Crippen LogP contribution in [0, 0.1) is 19.7 Å². The molecule has 1 aliphatic heterocycles. The number of halogens is 1. The average Bonchev–Trinajstić information content (AvgIpc) is 3.32. The summed E-state index contributed by atoms with van der Waals surface area (Å²) in [5.41, 5.74) is 3.84. The van der Waals surface area contributed by atoms with Gasteiger partial charge < -0.3 is 14.5 Å². The van der Waals surface area contributed by atoms with Crippen molar-refractivity contribution >= 4 is 5.91 Å². The van der Waals surface area contributed by atoms with E-state index < -0.39 is 0 Å². The van der Waals surface area contributed by atoms with Crippen molar-refractivity contribution in [1.82, 2.24) is 15.3 Å². The highest BCUT2D eigenvalue weighted by atomic mass is 19.1. The third kappa shape index (κ3) is 3.28. The highest BCUT2D eigenvalue weighted by Gasteiger charge is 2.30. The van der Waals surface area contributed by atoms with Crippen LogP contribution in [0.5, 0.6) is 5.75 Å². The zero-order chi connectivity index (χ0) is 19.0. The molecule has 27 heavy (non-hydrogen) atoms. The Morgan fingerprint density at radius 2 is 2.19 bits per heavy atom. The maximum absolute atomic E-state index is 14.3. The summed E-state index contributed by atoms with van der Waals surface area (Å²) in [6.45, 7) is 3.97. The van der Waals surface area contributed by atoms with Gasteiger partial charge in [-0.15, -0.1) is 0 Å². The van der Waals surface area contributed by atoms with Crippen molar-refractivity contribution in [3.8, 4) is 17.0 Å². The van der Waals surface area contributed by atoms with Crippen LogP contribution in [0.4, 0.5) is 4.39 Å². The Hall–Kier alpha value is -3.22. The van der Waals surface area contributed by atoms with E-state index in [0.717, 1.165) is 11.4 Å². The Morgan fingerprint density at radius 3 is 2.96 bits per heavy atom. The van der Waals surface area contributed by atoms with Crippen LogP contribution in [-0.2, 0) is 6.42 Å². The van der Waals surface area contributed by atoms with E-state index >= 15 is 0 Å². The smallest absolute Gasteiger partial charge is 0.254 e. The molecule has 1 atom stereocenters. The van der Waals surface area contributed by atoms with E-state index in [1.165, 1.54) is 18.6 Å². The van der Waals surface area contributed by atoms with Gasteiger partial charge in [0.15, 0.2) is 0 Å². The molecule has 6 nitrogen and oxygen atoms in total. The molecule has 0 aliphatic carbocycles. The summed E-state index contributed by atoms with van der Waals surface area (Å²) in [7, 11) is 0. The molecule has 7 heteroatoms. The Balaban J connectivity index is 1.57. The number of carbonyl (C=O) groups is 1. The molecule has 1 N–H and O–H groups in total. The van der Waals surface area contributed by atoms with Gasteiger partial charge in [-0.1, -0.05) is 0 Å². The maximum Gasteiger partial charge on any atom is 0.254 e. The monoisotopic (exact) mass is 367 g/mol. The molecule has 1 aromatic carbocycles. The predicted octanol–water partition coefficient (Wildman–Crippen LogP) is 3.23. The van der Waals surface area contributed by atoms with Gasteiger partial charge in [-0.3, -0.25) is 9.78 Å². The number of aromatic nitrogens is 2. The summed E-state index contributed by atoms with van der Waals surface area (Å²) in [5, 5.41) is 2.79. The van der Waals surface area contributed by atoms with E-state index in [0.29, 0.717) is 34.6 Å². The Bertz CT molecular complexity index is 1000. The number of hydrogen-bond donors (Lipinski definition) is 1. The number of nitrogens with one attached hydrogen (secondary N) is 1. The molecule has 0 spiro atoms. The molecular weight excluding hydrogens is 349 g/mol. The number of carbonyl (C=O) groups excluding carboxylic acids is 1. The number of aryl methyl sites for hydroxylation is 2. The Labute approximate surface area is 155 Å². The number of rotatable bonds is 4. The number of furan rings is 1. The van der Waals surface area contributed by atoms with E-state index in [2.05, 4.69) is 15.3 Å². The van der Waals surface area contributed by atoms with Gasteiger partial charge in [0, 0.05) is 23.7 Å². The molecule has 0 fully saturated rings. The first-order valence-electron chi connectivity index (χ1n) is 8.62. The number of amides is 1. The van der Waals surface area contributed by atoms with E-state index in [-0.39, 0.29) is 24.4 Å². The van der Waals surface area contributed by atoms with Crippen molar-refractivity contribution < 1.29 is 18.3 Å². The van der Waals surface area contributed by atoms with Crippen LogP contribution in [-0.4, -0.2) is 28.5 Å². The van der Waals surface area contributed by atoms with Crippen LogP contribution in [0.15, 0.2) is 41.3 Å². The van der Waals surface area contributed by atoms with Crippen LogP contribution < -0.4 is 10.1 Å². The second-order valence-electron chi connectivity index (χ2n) is 6.51. The summed E-state index contributed by atoms with van der Waals surface area (Å²) < 4.78 is 25.2. The lowest BCUT2D eigenvalue weighted by Crippen LogP contribution is -2.34. The molecule has 4 rings (SSSR count). The summed E-state index contributed by atoms with van der Waals surface area (Å²) >= 11 is 0. The lowest BCUT2D eigenvalue weighted by atomic mass is 10.0. The molecule has 1 unspecified atom stereocenters. The van der Waals surface area contributed by atoms with Crippen molar-refractivity contribution in [2.24, 2.45) is 0 Å². The van der Waals surface area contributed by atoms with Crippen LogP contribution >= 0.6 is 0 Å². The zero-order valence-corrected chi connectivity index (χ0v) is 15.0. The third-order valence-electron chi connectivity index (χ3n) is 4.52. The molecule has 2 aromatic heterocycles. The standard InChI is InChI=1S/C20H18FN3O3/c1-11-8-22-12(2)18(24-11)15-3-4-17(21)16-7-14(27-19(15)16)9-23-20(25)13-5-6-26-10-13/h3-6,8,10,14H,7,9H2,1-2H3,(H,23,25). The van der Waals surface area contributed by atoms with Crippen LogP contribution in [0.1, 0.15) is 27.3 Å². The van der Waals surface area contributed by atoms with Crippen molar-refractivity contribution in [3.63, 3.8) is 0 Å². The fourth-order valence-corrected chi connectivity index (χ4v) is 3.16. The molecule has 3 heterocycles. The quantitative estimate of drug-likeness (QED) is 0.766. The molecule has 1 amide bonds. The molecular formula is C20H18FN3O3. The van der Waals surface area contributed by atoms with Gasteiger partial charge in [0.05, 0.1) is 35.5 Å². The molecule has 138 valence electrons. The summed E-state index contributed by atoms with van der Waals surface area (Å²) in [5.74, 6) is -0.111. The highest BCUT2D eigenvalue weighted by Crippen LogP contribution is 2.40. The Kier molecular flexibility index (Phi) is 4.35. The first-order chi connectivity index (χ1) is 13.0. The van der Waals surface area contributed by atoms with Crippen molar-refractivity contribution in [2.45, 2.75) is 26.4 Å². The fraction of sp³-hybridized carbons (Fsp3) is 0.250. The van der Waals surface area contributed by atoms with E-state index in [4.69, 9.17) is 9.15 Å². The van der Waals surface area contributed by atoms with Crippen LogP contribution in [0.25, 0.3) is 11.3 Å². The third-order valence-corrected chi connectivity index (χ3v) is 4.52. The molecule has 0 bridgehead atoms. The van der Waals surface area contributed by atoms with Gasteiger partial charge in [-0.2, -0.15) is 0 Å². The van der Waals surface area contributed by atoms with Crippen LogP contribution in [0.2, 0.25) is 0 Å². The Morgan fingerprint density at radius 1 is 1.33 bits per heavy atom. The van der Waals surface area contributed by atoms with Gasteiger partial charge in [0.25, 0.3) is 5.91 Å². The van der Waals surface area contributed by atoms with E-state index in [1.807, 2.05) is 13.8 Å².